The minimum atomic E-state index is -1.68. The van der Waals surface area contributed by atoms with E-state index in [0.717, 1.165) is 0 Å². The molecule has 11 heteroatoms. The highest BCUT2D eigenvalue weighted by Crippen LogP contribution is 2.15. The van der Waals surface area contributed by atoms with Gasteiger partial charge in [-0.05, 0) is 38.6 Å². The first kappa shape index (κ1) is 19.4. The second-order valence-electron chi connectivity index (χ2n) is 5.37. The van der Waals surface area contributed by atoms with Gasteiger partial charge in [-0.15, -0.1) is 0 Å². The number of carbonyl (C=O) groups is 2. The van der Waals surface area contributed by atoms with Gasteiger partial charge in [0, 0.05) is 6.54 Å². The van der Waals surface area contributed by atoms with Crippen molar-refractivity contribution in [1.82, 2.24) is 5.01 Å². The second kappa shape index (κ2) is 8.00. The Morgan fingerprint density at radius 3 is 2.32 bits per heavy atom. The smallest absolute Gasteiger partial charge is 0.469 e. The fourth-order valence-electron chi connectivity index (χ4n) is 1.46. The van der Waals surface area contributed by atoms with Crippen molar-refractivity contribution in [3.05, 3.63) is 10.1 Å². The molecule has 1 amide bonds. The maximum absolute atomic E-state index is 11.8. The van der Waals surface area contributed by atoms with E-state index in [-0.39, 0.29) is 30.4 Å². The number of aliphatic imine (C=N–C) groups is 1. The Hall–Kier alpha value is -2.59. The molecule has 0 rings (SSSR count). The number of guanidine groups is 1. The number of hydrogen-bond donors (Lipinski definition) is 3. The number of nitrogens with two attached hydrogens (primary N) is 2. The molecule has 22 heavy (non-hydrogen) atoms. The summed E-state index contributed by atoms with van der Waals surface area (Å²) in [6.07, 6.45) is -1.40. The minimum Gasteiger partial charge on any atom is -0.480 e. The number of carbonyl (C=O) groups excluding carboxylic acids is 1. The normalized spacial score (nSPS) is 12.1. The lowest BCUT2D eigenvalue weighted by molar-refractivity contribution is -0.641. The summed E-state index contributed by atoms with van der Waals surface area (Å²) in [5, 5.41) is 19.0. The Morgan fingerprint density at radius 2 is 1.95 bits per heavy atom. The van der Waals surface area contributed by atoms with Crippen LogP contribution in [0.15, 0.2) is 4.99 Å². The van der Waals surface area contributed by atoms with Gasteiger partial charge in [-0.1, -0.05) is 0 Å². The molecule has 0 bridgehead atoms. The summed E-state index contributed by atoms with van der Waals surface area (Å²) >= 11 is 0. The molecule has 0 saturated carbocycles. The maximum atomic E-state index is 11.8. The molecule has 0 aliphatic carbocycles. The molecule has 0 heterocycles. The predicted molar refractivity (Wildman–Crippen MR) is 76.4 cm³/mol. The SMILES string of the molecule is CC(C)(C)OC(=O)N([C@@H](CCCN=C(N)N)C(=O)O)[N+](=O)[O-]. The first-order valence-corrected chi connectivity index (χ1v) is 6.40. The van der Waals surface area contributed by atoms with Crippen molar-refractivity contribution in [3.8, 4) is 0 Å². The lowest BCUT2D eigenvalue weighted by atomic mass is 10.1. The van der Waals surface area contributed by atoms with Crippen molar-refractivity contribution in [3.63, 3.8) is 0 Å². The molecule has 0 unspecified atom stereocenters. The van der Waals surface area contributed by atoms with Gasteiger partial charge in [-0.2, -0.15) is 0 Å². The van der Waals surface area contributed by atoms with Crippen LogP contribution >= 0.6 is 0 Å². The van der Waals surface area contributed by atoms with Crippen molar-refractivity contribution >= 4 is 18.0 Å². The van der Waals surface area contributed by atoms with Crippen LogP contribution in [-0.2, 0) is 9.53 Å². The van der Waals surface area contributed by atoms with E-state index >= 15 is 0 Å². The number of nitro groups is 1. The molecule has 0 saturated heterocycles. The van der Waals surface area contributed by atoms with E-state index in [0.29, 0.717) is 0 Å². The Morgan fingerprint density at radius 1 is 1.41 bits per heavy atom. The van der Waals surface area contributed by atoms with Crippen molar-refractivity contribution in [2.45, 2.75) is 45.3 Å². The monoisotopic (exact) mass is 319 g/mol. The van der Waals surface area contributed by atoms with E-state index in [1.54, 1.807) is 0 Å². The largest absolute Gasteiger partial charge is 0.480 e. The summed E-state index contributed by atoms with van der Waals surface area (Å²) < 4.78 is 4.85. The fourth-order valence-corrected chi connectivity index (χ4v) is 1.46. The van der Waals surface area contributed by atoms with Gasteiger partial charge in [-0.3, -0.25) is 4.99 Å². The van der Waals surface area contributed by atoms with Crippen LogP contribution in [0.5, 0.6) is 0 Å². The number of aliphatic carboxylic acids is 1. The Balaban J connectivity index is 5.04. The number of carboxylic acid groups (broad SMARTS) is 1. The highest BCUT2D eigenvalue weighted by Gasteiger charge is 2.41. The lowest BCUT2D eigenvalue weighted by Crippen LogP contribution is -2.50. The van der Waals surface area contributed by atoms with Crippen molar-refractivity contribution < 1.29 is 24.5 Å². The van der Waals surface area contributed by atoms with Gasteiger partial charge in [-0.25, -0.2) is 19.7 Å². The van der Waals surface area contributed by atoms with Gasteiger partial charge in [0.25, 0.3) is 0 Å². The van der Waals surface area contributed by atoms with Gasteiger partial charge >= 0.3 is 12.1 Å². The van der Waals surface area contributed by atoms with Crippen LogP contribution in [0.3, 0.4) is 0 Å². The van der Waals surface area contributed by atoms with Crippen LogP contribution in [0.2, 0.25) is 0 Å². The number of rotatable bonds is 7. The lowest BCUT2D eigenvalue weighted by Gasteiger charge is -2.24. The van der Waals surface area contributed by atoms with E-state index in [4.69, 9.17) is 21.3 Å². The molecule has 0 aromatic rings. The molecule has 126 valence electrons. The molecule has 0 fully saturated rings. The number of ether oxygens (including phenoxy) is 1. The zero-order valence-electron chi connectivity index (χ0n) is 12.7. The van der Waals surface area contributed by atoms with Crippen LogP contribution in [0.4, 0.5) is 4.79 Å². The fraction of sp³-hybridized carbons (Fsp3) is 0.727. The summed E-state index contributed by atoms with van der Waals surface area (Å²) in [6, 6.07) is -1.68. The minimum absolute atomic E-state index is 0.0386. The summed E-state index contributed by atoms with van der Waals surface area (Å²) in [6.45, 7) is 4.62. The number of nitrogens with zero attached hydrogens (tertiary/aromatic N) is 3. The molecule has 0 aromatic heterocycles. The van der Waals surface area contributed by atoms with Gasteiger partial charge in [0.15, 0.2) is 17.0 Å². The molecular formula is C11H21N5O6. The molecule has 5 N–H and O–H groups in total. The first-order chi connectivity index (χ1) is 9.95. The van der Waals surface area contributed by atoms with Gasteiger partial charge in [0.05, 0.1) is 0 Å². The van der Waals surface area contributed by atoms with Crippen molar-refractivity contribution in [2.75, 3.05) is 6.54 Å². The summed E-state index contributed by atoms with van der Waals surface area (Å²) in [5.74, 6) is -1.70. The van der Waals surface area contributed by atoms with E-state index in [2.05, 4.69) is 4.99 Å². The van der Waals surface area contributed by atoms with Gasteiger partial charge in [0.2, 0.25) is 0 Å². The summed E-state index contributed by atoms with van der Waals surface area (Å²) in [5.41, 5.74) is 9.23. The third kappa shape index (κ3) is 7.26. The molecule has 1 atom stereocenters. The Kier molecular flexibility index (Phi) is 7.06. The maximum Gasteiger partial charge on any atom is 0.469 e. The summed E-state index contributed by atoms with van der Waals surface area (Å²) in [7, 11) is 0. The van der Waals surface area contributed by atoms with Crippen LogP contribution in [0, 0.1) is 10.1 Å². The zero-order chi connectivity index (χ0) is 17.5. The van der Waals surface area contributed by atoms with Crippen LogP contribution in [0.25, 0.3) is 0 Å². The highest BCUT2D eigenvalue weighted by molar-refractivity contribution is 5.79. The van der Waals surface area contributed by atoms with Crippen molar-refractivity contribution in [2.24, 2.45) is 16.5 Å². The average molecular weight is 319 g/mol. The molecule has 11 nitrogen and oxygen atoms in total. The Labute approximate surface area is 127 Å². The standard InChI is InChI=1S/C11H21N5O6/c1-11(2,3)22-10(19)15(16(20)21)7(8(17)18)5-4-6-14-9(12)13/h7H,4-6H2,1-3H3,(H,17,18)(H4,12,13,14)/t7-/m0/s1. The van der Waals surface area contributed by atoms with E-state index in [9.17, 15) is 19.7 Å². The molecule has 0 aliphatic heterocycles. The van der Waals surface area contributed by atoms with E-state index in [1.165, 1.54) is 20.8 Å². The predicted octanol–water partition coefficient (Wildman–Crippen LogP) is -0.0780. The van der Waals surface area contributed by atoms with Crippen molar-refractivity contribution in [1.29, 1.82) is 0 Å². The average Bonchev–Trinajstić information content (AvgIpc) is 2.29. The van der Waals surface area contributed by atoms with E-state index < -0.39 is 28.7 Å². The van der Waals surface area contributed by atoms with Crippen LogP contribution in [-0.4, -0.2) is 51.4 Å². The molecule has 0 aliphatic rings. The first-order valence-electron chi connectivity index (χ1n) is 6.40. The van der Waals surface area contributed by atoms with Crippen LogP contribution in [0.1, 0.15) is 33.6 Å². The highest BCUT2D eigenvalue weighted by atomic mass is 16.7. The summed E-state index contributed by atoms with van der Waals surface area (Å²) in [4.78, 5) is 37.7. The van der Waals surface area contributed by atoms with Crippen LogP contribution < -0.4 is 11.5 Å². The quantitative estimate of drug-likeness (QED) is 0.192. The number of hydrogen-bond acceptors (Lipinski definition) is 6. The van der Waals surface area contributed by atoms with E-state index in [1.807, 2.05) is 0 Å². The molecule has 0 spiro atoms. The molecule has 0 aromatic carbocycles. The number of carboxylic acids is 1. The van der Waals surface area contributed by atoms with Gasteiger partial charge in [0.1, 0.15) is 5.60 Å². The molecule has 0 radical (unpaired) electrons. The zero-order valence-corrected chi connectivity index (χ0v) is 12.7. The molecular weight excluding hydrogens is 298 g/mol. The third-order valence-corrected chi connectivity index (χ3v) is 2.27. The topological polar surface area (TPSA) is 174 Å². The third-order valence-electron chi connectivity index (χ3n) is 2.27. The Bertz CT molecular complexity index is 454. The second-order valence-corrected chi connectivity index (χ2v) is 5.37. The van der Waals surface area contributed by atoms with Gasteiger partial charge < -0.3 is 21.3 Å². The number of amides is 1. The number of hydrazine groups is 1.